The number of unbranched alkanes of at least 4 members (excludes halogenated alkanes) is 3. The van der Waals surface area contributed by atoms with Gasteiger partial charge in [0, 0.05) is 6.20 Å². The first-order valence-electron chi connectivity index (χ1n) is 11.5. The molecule has 2 aromatic rings. The number of nitrogens with zero attached hydrogens (tertiary/aromatic N) is 1. The van der Waals surface area contributed by atoms with Crippen LogP contribution >= 0.6 is 0 Å². The highest BCUT2D eigenvalue weighted by molar-refractivity contribution is 6.62. The van der Waals surface area contributed by atoms with E-state index < -0.39 is 5.97 Å². The molecule has 1 aliphatic rings. The fourth-order valence-corrected chi connectivity index (χ4v) is 3.39. The van der Waals surface area contributed by atoms with E-state index in [9.17, 15) is 4.79 Å². The largest absolute Gasteiger partial charge is 0.494 e. The van der Waals surface area contributed by atoms with Gasteiger partial charge in [0.2, 0.25) is 0 Å². The van der Waals surface area contributed by atoms with Crippen molar-refractivity contribution in [3.05, 3.63) is 48.3 Å². The van der Waals surface area contributed by atoms with E-state index in [-0.39, 0.29) is 24.0 Å². The van der Waals surface area contributed by atoms with Crippen LogP contribution in [0.3, 0.4) is 0 Å². The Bertz CT molecular complexity index is 899. The summed E-state index contributed by atoms with van der Waals surface area (Å²) in [5.41, 5.74) is 0.502. The maximum Gasteiger partial charge on any atom is 0.494 e. The molecular formula is C25H34BNO6. The van der Waals surface area contributed by atoms with Crippen LogP contribution in [0.25, 0.3) is 0 Å². The molecule has 0 spiro atoms. The molecule has 0 atom stereocenters. The molecule has 3 rings (SSSR count). The lowest BCUT2D eigenvalue weighted by Gasteiger charge is -2.32. The minimum Gasteiger partial charge on any atom is -0.494 e. The Morgan fingerprint density at radius 1 is 0.909 bits per heavy atom. The summed E-state index contributed by atoms with van der Waals surface area (Å²) in [4.78, 5) is 15.7. The predicted molar refractivity (Wildman–Crippen MR) is 127 cm³/mol. The summed E-state index contributed by atoms with van der Waals surface area (Å²) in [6.07, 6.45) is 5.44. The van der Waals surface area contributed by atoms with Crippen LogP contribution in [-0.2, 0) is 14.0 Å². The third-order valence-electron chi connectivity index (χ3n) is 6.12. The standard InChI is InChI=1S/C25H34BNO6/c1-24(2)25(3,4)33-26(32-24)19-12-14-20(15-13-19)30-17-8-6-7-9-18-31-21-11-10-16-27-22(21)23(28)29-5/h10-16H,6-9,17-18H2,1-5H3. The van der Waals surface area contributed by atoms with E-state index in [2.05, 4.69) is 32.7 Å². The third-order valence-corrected chi connectivity index (χ3v) is 6.12. The number of hydrogen-bond donors (Lipinski definition) is 0. The SMILES string of the molecule is COC(=O)c1ncccc1OCCCCCCOc1ccc(B2OC(C)(C)C(C)(C)O2)cc1. The van der Waals surface area contributed by atoms with Crippen LogP contribution in [0.15, 0.2) is 42.6 Å². The number of esters is 1. The van der Waals surface area contributed by atoms with E-state index in [4.69, 9.17) is 23.5 Å². The lowest BCUT2D eigenvalue weighted by Crippen LogP contribution is -2.41. The summed E-state index contributed by atoms with van der Waals surface area (Å²) in [5.74, 6) is 0.800. The van der Waals surface area contributed by atoms with Crippen LogP contribution in [0.2, 0.25) is 0 Å². The van der Waals surface area contributed by atoms with Gasteiger partial charge in [-0.05, 0) is 83.1 Å². The third kappa shape index (κ3) is 6.48. The van der Waals surface area contributed by atoms with Crippen molar-refractivity contribution in [1.82, 2.24) is 4.98 Å². The quantitative estimate of drug-likeness (QED) is 0.286. The van der Waals surface area contributed by atoms with Gasteiger partial charge in [-0.25, -0.2) is 9.78 Å². The van der Waals surface area contributed by atoms with E-state index in [0.717, 1.165) is 36.9 Å². The van der Waals surface area contributed by atoms with E-state index in [1.807, 2.05) is 24.3 Å². The molecule has 0 amide bonds. The second-order valence-electron chi connectivity index (χ2n) is 9.11. The van der Waals surface area contributed by atoms with Gasteiger partial charge in [-0.15, -0.1) is 0 Å². The van der Waals surface area contributed by atoms with Gasteiger partial charge in [0.1, 0.15) is 5.75 Å². The summed E-state index contributed by atoms with van der Waals surface area (Å²) in [5, 5.41) is 0. The van der Waals surface area contributed by atoms with Crippen molar-refractivity contribution in [3.63, 3.8) is 0 Å². The maximum atomic E-state index is 11.7. The van der Waals surface area contributed by atoms with Crippen LogP contribution in [-0.4, -0.2) is 49.6 Å². The molecule has 8 heteroatoms. The van der Waals surface area contributed by atoms with Crippen LogP contribution in [0, 0.1) is 0 Å². The molecule has 1 aromatic heterocycles. The van der Waals surface area contributed by atoms with E-state index >= 15 is 0 Å². The molecule has 0 aliphatic carbocycles. The first-order chi connectivity index (χ1) is 15.7. The number of benzene rings is 1. The highest BCUT2D eigenvalue weighted by Crippen LogP contribution is 2.36. The van der Waals surface area contributed by atoms with Crippen LogP contribution in [0.4, 0.5) is 0 Å². The van der Waals surface area contributed by atoms with Crippen molar-refractivity contribution >= 4 is 18.6 Å². The predicted octanol–water partition coefficient (Wildman–Crippen LogP) is 4.19. The van der Waals surface area contributed by atoms with Gasteiger partial charge in [-0.2, -0.15) is 0 Å². The molecule has 0 N–H and O–H groups in total. The average Bonchev–Trinajstić information content (AvgIpc) is 3.02. The molecule has 2 heterocycles. The molecule has 1 aliphatic heterocycles. The molecule has 0 bridgehead atoms. The van der Waals surface area contributed by atoms with Crippen LogP contribution in [0.5, 0.6) is 11.5 Å². The molecule has 7 nitrogen and oxygen atoms in total. The Morgan fingerprint density at radius 3 is 2.12 bits per heavy atom. The highest BCUT2D eigenvalue weighted by atomic mass is 16.7. The minimum atomic E-state index is -0.494. The second kappa shape index (κ2) is 11.0. The Balaban J connectivity index is 1.31. The highest BCUT2D eigenvalue weighted by Gasteiger charge is 2.51. The van der Waals surface area contributed by atoms with Gasteiger partial charge in [-0.3, -0.25) is 0 Å². The fourth-order valence-electron chi connectivity index (χ4n) is 3.39. The van der Waals surface area contributed by atoms with Gasteiger partial charge >= 0.3 is 13.1 Å². The zero-order chi connectivity index (χ0) is 23.9. The van der Waals surface area contributed by atoms with Gasteiger partial charge in [0.05, 0.1) is 31.5 Å². The molecule has 0 radical (unpaired) electrons. The molecule has 0 saturated carbocycles. The van der Waals surface area contributed by atoms with E-state index in [0.29, 0.717) is 19.0 Å². The van der Waals surface area contributed by atoms with E-state index in [1.165, 1.54) is 7.11 Å². The fraction of sp³-hybridized carbons (Fsp3) is 0.520. The first-order valence-corrected chi connectivity index (χ1v) is 11.5. The van der Waals surface area contributed by atoms with Crippen molar-refractivity contribution in [1.29, 1.82) is 0 Å². The summed E-state index contributed by atoms with van der Waals surface area (Å²) in [7, 11) is 0.971. The summed E-state index contributed by atoms with van der Waals surface area (Å²) in [6, 6.07) is 11.4. The summed E-state index contributed by atoms with van der Waals surface area (Å²) < 4.78 is 28.5. The maximum absolute atomic E-state index is 11.7. The number of methoxy groups -OCH3 is 1. The topological polar surface area (TPSA) is 76.1 Å². The number of aromatic nitrogens is 1. The molecular weight excluding hydrogens is 421 g/mol. The second-order valence-corrected chi connectivity index (χ2v) is 9.11. The van der Waals surface area contributed by atoms with Crippen LogP contribution in [0.1, 0.15) is 63.9 Å². The number of carbonyl (C=O) groups is 1. The lowest BCUT2D eigenvalue weighted by molar-refractivity contribution is 0.00578. The van der Waals surface area contributed by atoms with E-state index in [1.54, 1.807) is 18.3 Å². The summed E-state index contributed by atoms with van der Waals surface area (Å²) >= 11 is 0. The monoisotopic (exact) mass is 455 g/mol. The molecule has 1 saturated heterocycles. The zero-order valence-corrected chi connectivity index (χ0v) is 20.3. The van der Waals surface area contributed by atoms with Crippen molar-refractivity contribution in [3.8, 4) is 11.5 Å². The molecule has 33 heavy (non-hydrogen) atoms. The molecule has 1 fully saturated rings. The molecule has 1 aromatic carbocycles. The number of hydrogen-bond acceptors (Lipinski definition) is 7. The van der Waals surface area contributed by atoms with Crippen molar-refractivity contribution in [2.75, 3.05) is 20.3 Å². The Hall–Kier alpha value is -2.58. The zero-order valence-electron chi connectivity index (χ0n) is 20.3. The average molecular weight is 455 g/mol. The van der Waals surface area contributed by atoms with Gasteiger partial charge in [0.15, 0.2) is 11.4 Å². The van der Waals surface area contributed by atoms with Crippen molar-refractivity contribution < 1.29 is 28.3 Å². The Morgan fingerprint density at radius 2 is 1.52 bits per heavy atom. The summed E-state index contributed by atoms with van der Waals surface area (Å²) in [6.45, 7) is 9.39. The van der Waals surface area contributed by atoms with Crippen molar-refractivity contribution in [2.45, 2.75) is 64.6 Å². The Labute approximate surface area is 196 Å². The number of ether oxygens (including phenoxy) is 3. The first kappa shape index (κ1) is 25.1. The van der Waals surface area contributed by atoms with Crippen LogP contribution < -0.4 is 14.9 Å². The molecule has 0 unspecified atom stereocenters. The van der Waals surface area contributed by atoms with Gasteiger partial charge in [0.25, 0.3) is 0 Å². The number of rotatable bonds is 11. The number of pyridine rings is 1. The van der Waals surface area contributed by atoms with Crippen molar-refractivity contribution in [2.24, 2.45) is 0 Å². The number of carbonyl (C=O) groups excluding carboxylic acids is 1. The minimum absolute atomic E-state index is 0.206. The van der Waals surface area contributed by atoms with Gasteiger partial charge < -0.3 is 23.5 Å². The normalized spacial score (nSPS) is 16.5. The lowest BCUT2D eigenvalue weighted by atomic mass is 9.79. The molecule has 178 valence electrons. The smallest absolute Gasteiger partial charge is 0.494 e. The van der Waals surface area contributed by atoms with Gasteiger partial charge in [-0.1, -0.05) is 12.1 Å². The Kier molecular flexibility index (Phi) is 8.38.